The van der Waals surface area contributed by atoms with Crippen molar-refractivity contribution in [2.75, 3.05) is 6.61 Å². The molecule has 0 aliphatic rings. The fraction of sp³-hybridized carbons (Fsp3) is 0.467. The van der Waals surface area contributed by atoms with Gasteiger partial charge in [0.05, 0.1) is 6.61 Å². The third-order valence-corrected chi connectivity index (χ3v) is 3.03. The maximum atomic E-state index is 12.0. The molecule has 2 N–H and O–H groups in total. The Morgan fingerprint density at radius 3 is 2.50 bits per heavy atom. The fourth-order valence-corrected chi connectivity index (χ4v) is 1.75. The number of thiocarbonyl (C=S) groups is 1. The molecule has 1 unspecified atom stereocenters. The molecule has 0 fully saturated rings. The summed E-state index contributed by atoms with van der Waals surface area (Å²) >= 11 is 5.09. The van der Waals surface area contributed by atoms with E-state index in [0.717, 1.165) is 18.6 Å². The summed E-state index contributed by atoms with van der Waals surface area (Å²) in [6, 6.07) is 7.27. The van der Waals surface area contributed by atoms with E-state index in [4.69, 9.17) is 17.0 Å². The smallest absolute Gasteiger partial charge is 0.257 e. The molecule has 0 aliphatic carbocycles. The standard InChI is InChI=1S/C15H22N2O2S/c1-4-10-19-13-8-6-12(7-9-13)14(18)17-15(20)16-11(3)5-2/h6-9,11H,4-5,10H2,1-3H3,(H2,16,17,18,20). The number of nitrogens with one attached hydrogen (secondary N) is 2. The number of carbonyl (C=O) groups excluding carboxylic acids is 1. The highest BCUT2D eigenvalue weighted by Crippen LogP contribution is 2.12. The zero-order valence-corrected chi connectivity index (χ0v) is 13.0. The normalized spacial score (nSPS) is 11.6. The first kappa shape index (κ1) is 16.4. The molecule has 4 nitrogen and oxygen atoms in total. The van der Waals surface area contributed by atoms with Crippen molar-refractivity contribution < 1.29 is 9.53 Å². The number of rotatable bonds is 6. The van der Waals surface area contributed by atoms with Crippen LogP contribution in [0.5, 0.6) is 5.75 Å². The SMILES string of the molecule is CCCOc1ccc(C(=O)NC(=S)NC(C)CC)cc1. The van der Waals surface area contributed by atoms with Crippen LogP contribution in [0.4, 0.5) is 0 Å². The third-order valence-electron chi connectivity index (χ3n) is 2.81. The van der Waals surface area contributed by atoms with E-state index in [1.165, 1.54) is 0 Å². The van der Waals surface area contributed by atoms with Crippen LogP contribution in [0.25, 0.3) is 0 Å². The topological polar surface area (TPSA) is 50.4 Å². The molecule has 0 saturated heterocycles. The summed E-state index contributed by atoms with van der Waals surface area (Å²) in [6.07, 6.45) is 1.90. The molecule has 1 atom stereocenters. The Morgan fingerprint density at radius 1 is 1.30 bits per heavy atom. The van der Waals surface area contributed by atoms with Crippen LogP contribution in [0, 0.1) is 0 Å². The van der Waals surface area contributed by atoms with Gasteiger partial charge in [0.1, 0.15) is 5.75 Å². The van der Waals surface area contributed by atoms with Crippen molar-refractivity contribution in [1.29, 1.82) is 0 Å². The highest BCUT2D eigenvalue weighted by molar-refractivity contribution is 7.80. The van der Waals surface area contributed by atoms with Gasteiger partial charge in [0, 0.05) is 11.6 Å². The molecule has 0 bridgehead atoms. The zero-order valence-electron chi connectivity index (χ0n) is 12.2. The van der Waals surface area contributed by atoms with E-state index in [2.05, 4.69) is 17.6 Å². The first-order valence-electron chi connectivity index (χ1n) is 6.91. The van der Waals surface area contributed by atoms with Gasteiger partial charge in [-0.1, -0.05) is 13.8 Å². The fourth-order valence-electron chi connectivity index (χ4n) is 1.46. The average Bonchev–Trinajstić information content (AvgIpc) is 2.45. The van der Waals surface area contributed by atoms with E-state index in [0.29, 0.717) is 17.3 Å². The first-order chi connectivity index (χ1) is 9.56. The number of amides is 1. The average molecular weight is 294 g/mol. The summed E-state index contributed by atoms with van der Waals surface area (Å²) in [6.45, 7) is 6.79. The quantitative estimate of drug-likeness (QED) is 0.792. The number of hydrogen-bond donors (Lipinski definition) is 2. The van der Waals surface area contributed by atoms with E-state index in [-0.39, 0.29) is 11.9 Å². The van der Waals surface area contributed by atoms with Gasteiger partial charge in [-0.15, -0.1) is 0 Å². The van der Waals surface area contributed by atoms with Crippen LogP contribution in [0.1, 0.15) is 44.0 Å². The molecule has 0 aromatic heterocycles. The third kappa shape index (κ3) is 5.57. The number of carbonyl (C=O) groups is 1. The van der Waals surface area contributed by atoms with Gasteiger partial charge >= 0.3 is 0 Å². The molecular formula is C15H22N2O2S. The zero-order chi connectivity index (χ0) is 15.0. The van der Waals surface area contributed by atoms with Crippen molar-refractivity contribution >= 4 is 23.2 Å². The van der Waals surface area contributed by atoms with Gasteiger partial charge in [-0.25, -0.2) is 0 Å². The van der Waals surface area contributed by atoms with Crippen LogP contribution in [0.3, 0.4) is 0 Å². The molecule has 110 valence electrons. The second-order valence-corrected chi connectivity index (χ2v) is 5.02. The Morgan fingerprint density at radius 2 is 1.95 bits per heavy atom. The van der Waals surface area contributed by atoms with E-state index >= 15 is 0 Å². The second kappa shape index (κ2) is 8.53. The monoisotopic (exact) mass is 294 g/mol. The van der Waals surface area contributed by atoms with Gasteiger partial charge in [-0.2, -0.15) is 0 Å². The summed E-state index contributed by atoms with van der Waals surface area (Å²) in [5.41, 5.74) is 0.558. The van der Waals surface area contributed by atoms with Gasteiger partial charge in [0.25, 0.3) is 5.91 Å². The highest BCUT2D eigenvalue weighted by Gasteiger charge is 2.09. The molecular weight excluding hydrogens is 272 g/mol. The molecule has 0 aliphatic heterocycles. The van der Waals surface area contributed by atoms with Crippen LogP contribution >= 0.6 is 12.2 Å². The van der Waals surface area contributed by atoms with Gasteiger partial charge < -0.3 is 10.1 Å². The van der Waals surface area contributed by atoms with Gasteiger partial charge in [-0.3, -0.25) is 10.1 Å². The molecule has 0 heterocycles. The second-order valence-electron chi connectivity index (χ2n) is 4.61. The molecule has 1 rings (SSSR count). The van der Waals surface area contributed by atoms with Crippen molar-refractivity contribution in [3.8, 4) is 5.75 Å². The Kier molecular flexibility index (Phi) is 7.01. The molecule has 0 radical (unpaired) electrons. The Balaban J connectivity index is 2.53. The van der Waals surface area contributed by atoms with Crippen LogP contribution in [0.15, 0.2) is 24.3 Å². The molecule has 0 saturated carbocycles. The summed E-state index contributed by atoms with van der Waals surface area (Å²) in [7, 11) is 0. The predicted octanol–water partition coefficient (Wildman–Crippen LogP) is 2.88. The predicted molar refractivity (Wildman–Crippen MR) is 85.2 cm³/mol. The van der Waals surface area contributed by atoms with Crippen molar-refractivity contribution in [3.05, 3.63) is 29.8 Å². The van der Waals surface area contributed by atoms with E-state index in [1.54, 1.807) is 24.3 Å². The van der Waals surface area contributed by atoms with Crippen molar-refractivity contribution in [2.45, 2.75) is 39.7 Å². The van der Waals surface area contributed by atoms with E-state index in [9.17, 15) is 4.79 Å². The van der Waals surface area contributed by atoms with Crippen LogP contribution in [-0.2, 0) is 0 Å². The number of benzene rings is 1. The lowest BCUT2D eigenvalue weighted by atomic mass is 10.2. The minimum absolute atomic E-state index is 0.215. The number of ether oxygens (including phenoxy) is 1. The minimum atomic E-state index is -0.215. The maximum absolute atomic E-state index is 12.0. The summed E-state index contributed by atoms with van der Waals surface area (Å²) in [5, 5.41) is 6.07. The van der Waals surface area contributed by atoms with Crippen molar-refractivity contribution in [3.63, 3.8) is 0 Å². The van der Waals surface area contributed by atoms with Crippen molar-refractivity contribution in [1.82, 2.24) is 10.6 Å². The lowest BCUT2D eigenvalue weighted by Gasteiger charge is -2.14. The van der Waals surface area contributed by atoms with Gasteiger partial charge in [0.2, 0.25) is 0 Å². The molecule has 5 heteroatoms. The summed E-state index contributed by atoms with van der Waals surface area (Å²) in [5.74, 6) is 0.552. The lowest BCUT2D eigenvalue weighted by Crippen LogP contribution is -2.43. The molecule has 1 aromatic carbocycles. The van der Waals surface area contributed by atoms with E-state index < -0.39 is 0 Å². The molecule has 1 aromatic rings. The van der Waals surface area contributed by atoms with Gasteiger partial charge in [0.15, 0.2) is 5.11 Å². The minimum Gasteiger partial charge on any atom is -0.494 e. The Labute approximate surface area is 125 Å². The molecule has 1 amide bonds. The van der Waals surface area contributed by atoms with Gasteiger partial charge in [-0.05, 0) is 56.2 Å². The molecule has 0 spiro atoms. The molecule has 20 heavy (non-hydrogen) atoms. The largest absolute Gasteiger partial charge is 0.494 e. The van der Waals surface area contributed by atoms with Crippen LogP contribution in [-0.4, -0.2) is 23.7 Å². The van der Waals surface area contributed by atoms with E-state index in [1.807, 2.05) is 13.8 Å². The summed E-state index contributed by atoms with van der Waals surface area (Å²) < 4.78 is 5.47. The Bertz CT molecular complexity index is 446. The van der Waals surface area contributed by atoms with Crippen molar-refractivity contribution in [2.24, 2.45) is 0 Å². The van der Waals surface area contributed by atoms with Crippen LogP contribution in [0.2, 0.25) is 0 Å². The first-order valence-corrected chi connectivity index (χ1v) is 7.32. The summed E-state index contributed by atoms with van der Waals surface area (Å²) in [4.78, 5) is 12.0. The number of hydrogen-bond acceptors (Lipinski definition) is 3. The highest BCUT2D eigenvalue weighted by atomic mass is 32.1. The maximum Gasteiger partial charge on any atom is 0.257 e. The lowest BCUT2D eigenvalue weighted by molar-refractivity contribution is 0.0976. The van der Waals surface area contributed by atoms with Crippen LogP contribution < -0.4 is 15.4 Å². The Hall–Kier alpha value is -1.62.